The third-order valence-electron chi connectivity index (χ3n) is 2.54. The minimum Gasteiger partial charge on any atom is -0.315 e. The SMILES string of the molecule is C=C(C)CCNCCN(C)C1CC1. The van der Waals surface area contributed by atoms with Gasteiger partial charge >= 0.3 is 0 Å². The molecule has 13 heavy (non-hydrogen) atoms. The van der Waals surface area contributed by atoms with Crippen LogP contribution in [0.25, 0.3) is 0 Å². The second-order valence-corrected chi connectivity index (χ2v) is 4.17. The van der Waals surface area contributed by atoms with Gasteiger partial charge < -0.3 is 10.2 Å². The number of hydrogen-bond donors (Lipinski definition) is 1. The van der Waals surface area contributed by atoms with E-state index in [1.165, 1.54) is 25.0 Å². The highest BCUT2D eigenvalue weighted by Crippen LogP contribution is 2.24. The molecule has 0 aromatic heterocycles. The van der Waals surface area contributed by atoms with Gasteiger partial charge in [-0.1, -0.05) is 5.57 Å². The normalized spacial score (nSPS) is 16.5. The van der Waals surface area contributed by atoms with E-state index < -0.39 is 0 Å². The first-order valence-electron chi connectivity index (χ1n) is 5.25. The highest BCUT2D eigenvalue weighted by atomic mass is 15.2. The fourth-order valence-corrected chi connectivity index (χ4v) is 1.38. The summed E-state index contributed by atoms with van der Waals surface area (Å²) in [6.07, 6.45) is 3.91. The van der Waals surface area contributed by atoms with Crippen LogP contribution < -0.4 is 5.32 Å². The van der Waals surface area contributed by atoms with Crippen LogP contribution in [-0.2, 0) is 0 Å². The van der Waals surface area contributed by atoms with Gasteiger partial charge in [-0.15, -0.1) is 6.58 Å². The Morgan fingerprint density at radius 1 is 1.46 bits per heavy atom. The van der Waals surface area contributed by atoms with E-state index in [1.807, 2.05) is 0 Å². The second kappa shape index (κ2) is 5.40. The maximum atomic E-state index is 3.88. The summed E-state index contributed by atoms with van der Waals surface area (Å²) in [7, 11) is 2.22. The molecule has 0 saturated heterocycles. The molecule has 2 heteroatoms. The van der Waals surface area contributed by atoms with Crippen molar-refractivity contribution in [2.45, 2.75) is 32.2 Å². The van der Waals surface area contributed by atoms with Crippen molar-refractivity contribution in [2.75, 3.05) is 26.7 Å². The van der Waals surface area contributed by atoms with E-state index in [-0.39, 0.29) is 0 Å². The van der Waals surface area contributed by atoms with Gasteiger partial charge in [0.1, 0.15) is 0 Å². The Morgan fingerprint density at radius 3 is 2.69 bits per heavy atom. The predicted octanol–water partition coefficient (Wildman–Crippen LogP) is 1.64. The molecule has 0 unspecified atom stereocenters. The summed E-state index contributed by atoms with van der Waals surface area (Å²) in [4.78, 5) is 2.45. The van der Waals surface area contributed by atoms with E-state index in [4.69, 9.17) is 0 Å². The van der Waals surface area contributed by atoms with E-state index in [0.29, 0.717) is 0 Å². The Hall–Kier alpha value is -0.340. The molecule has 0 aromatic carbocycles. The Balaban J connectivity index is 1.85. The van der Waals surface area contributed by atoms with Crippen molar-refractivity contribution in [2.24, 2.45) is 0 Å². The molecule has 2 nitrogen and oxygen atoms in total. The maximum absolute atomic E-state index is 3.88. The van der Waals surface area contributed by atoms with Crippen LogP contribution in [0.5, 0.6) is 0 Å². The first-order chi connectivity index (χ1) is 6.20. The van der Waals surface area contributed by atoms with Crippen molar-refractivity contribution in [1.82, 2.24) is 10.2 Å². The zero-order chi connectivity index (χ0) is 9.68. The third kappa shape index (κ3) is 5.06. The van der Waals surface area contributed by atoms with Crippen molar-refractivity contribution >= 4 is 0 Å². The van der Waals surface area contributed by atoms with Gasteiger partial charge in [-0.2, -0.15) is 0 Å². The average Bonchev–Trinajstić information content (AvgIpc) is 2.85. The summed E-state index contributed by atoms with van der Waals surface area (Å²) in [5.74, 6) is 0. The summed E-state index contributed by atoms with van der Waals surface area (Å²) in [6.45, 7) is 9.33. The Kier molecular flexibility index (Phi) is 4.46. The van der Waals surface area contributed by atoms with E-state index in [2.05, 4.69) is 30.8 Å². The van der Waals surface area contributed by atoms with Crippen LogP contribution in [0.2, 0.25) is 0 Å². The molecule has 76 valence electrons. The second-order valence-electron chi connectivity index (χ2n) is 4.17. The summed E-state index contributed by atoms with van der Waals surface area (Å²) in [5, 5.41) is 3.43. The van der Waals surface area contributed by atoms with Gasteiger partial charge in [0.15, 0.2) is 0 Å². The molecule has 0 spiro atoms. The largest absolute Gasteiger partial charge is 0.315 e. The molecule has 1 aliphatic carbocycles. The lowest BCUT2D eigenvalue weighted by Gasteiger charge is -2.15. The quantitative estimate of drug-likeness (QED) is 0.475. The smallest absolute Gasteiger partial charge is 0.0107 e. The highest BCUT2D eigenvalue weighted by Gasteiger charge is 2.25. The number of rotatable bonds is 7. The Labute approximate surface area is 82.0 Å². The van der Waals surface area contributed by atoms with Crippen LogP contribution in [0.1, 0.15) is 26.2 Å². The summed E-state index contributed by atoms with van der Waals surface area (Å²) in [6, 6.07) is 0.892. The number of hydrogen-bond acceptors (Lipinski definition) is 2. The highest BCUT2D eigenvalue weighted by molar-refractivity contribution is 4.88. The van der Waals surface area contributed by atoms with Crippen molar-refractivity contribution in [3.05, 3.63) is 12.2 Å². The molecule has 0 amide bonds. The molecule has 1 rings (SSSR count). The standard InChI is InChI=1S/C11H22N2/c1-10(2)6-7-12-8-9-13(3)11-4-5-11/h11-12H,1,4-9H2,2-3H3. The van der Waals surface area contributed by atoms with E-state index in [0.717, 1.165) is 25.6 Å². The first kappa shape index (κ1) is 10.7. The van der Waals surface area contributed by atoms with Gasteiger partial charge in [-0.25, -0.2) is 0 Å². The fourth-order valence-electron chi connectivity index (χ4n) is 1.38. The minimum atomic E-state index is 0.892. The molecular formula is C11H22N2. The number of nitrogens with zero attached hydrogens (tertiary/aromatic N) is 1. The lowest BCUT2D eigenvalue weighted by atomic mass is 10.2. The van der Waals surface area contributed by atoms with Crippen molar-refractivity contribution in [3.63, 3.8) is 0 Å². The van der Waals surface area contributed by atoms with Gasteiger partial charge in [0.25, 0.3) is 0 Å². The minimum absolute atomic E-state index is 0.892. The molecule has 0 aliphatic heterocycles. The van der Waals surface area contributed by atoms with Crippen molar-refractivity contribution < 1.29 is 0 Å². The first-order valence-corrected chi connectivity index (χ1v) is 5.25. The van der Waals surface area contributed by atoms with Crippen molar-refractivity contribution in [1.29, 1.82) is 0 Å². The summed E-state index contributed by atoms with van der Waals surface area (Å²) in [5.41, 5.74) is 1.27. The van der Waals surface area contributed by atoms with Gasteiger partial charge in [0.2, 0.25) is 0 Å². The molecule has 1 saturated carbocycles. The van der Waals surface area contributed by atoms with E-state index >= 15 is 0 Å². The third-order valence-corrected chi connectivity index (χ3v) is 2.54. The molecule has 0 bridgehead atoms. The molecule has 0 heterocycles. The number of likely N-dealkylation sites (N-methyl/N-ethyl adjacent to an activating group) is 1. The molecule has 0 atom stereocenters. The van der Waals surface area contributed by atoms with Gasteiger partial charge in [-0.3, -0.25) is 0 Å². The zero-order valence-electron chi connectivity index (χ0n) is 8.97. The van der Waals surface area contributed by atoms with E-state index in [9.17, 15) is 0 Å². The molecule has 1 fully saturated rings. The van der Waals surface area contributed by atoms with E-state index in [1.54, 1.807) is 0 Å². The topological polar surface area (TPSA) is 15.3 Å². The monoisotopic (exact) mass is 182 g/mol. The predicted molar refractivity (Wildman–Crippen MR) is 58.0 cm³/mol. The van der Waals surface area contributed by atoms with Crippen LogP contribution >= 0.6 is 0 Å². The Bertz CT molecular complexity index is 161. The lowest BCUT2D eigenvalue weighted by Crippen LogP contribution is -2.31. The molecular weight excluding hydrogens is 160 g/mol. The van der Waals surface area contributed by atoms with Crippen LogP contribution in [0, 0.1) is 0 Å². The summed E-state index contributed by atoms with van der Waals surface area (Å²) < 4.78 is 0. The zero-order valence-corrected chi connectivity index (χ0v) is 8.97. The number of nitrogens with one attached hydrogen (secondary N) is 1. The maximum Gasteiger partial charge on any atom is 0.0107 e. The van der Waals surface area contributed by atoms with Crippen molar-refractivity contribution in [3.8, 4) is 0 Å². The molecule has 1 N–H and O–H groups in total. The molecule has 0 radical (unpaired) electrons. The Morgan fingerprint density at radius 2 is 2.15 bits per heavy atom. The van der Waals surface area contributed by atoms with Crippen LogP contribution in [0.3, 0.4) is 0 Å². The van der Waals surface area contributed by atoms with Crippen LogP contribution in [-0.4, -0.2) is 37.6 Å². The molecule has 1 aliphatic rings. The van der Waals surface area contributed by atoms with Gasteiger partial charge in [0.05, 0.1) is 0 Å². The van der Waals surface area contributed by atoms with Crippen LogP contribution in [0.15, 0.2) is 12.2 Å². The van der Waals surface area contributed by atoms with Gasteiger partial charge in [-0.05, 0) is 39.8 Å². The molecule has 0 aromatic rings. The lowest BCUT2D eigenvalue weighted by molar-refractivity contribution is 0.322. The fraction of sp³-hybridized carbons (Fsp3) is 0.818. The van der Waals surface area contributed by atoms with Gasteiger partial charge in [0, 0.05) is 19.1 Å². The average molecular weight is 182 g/mol. The van der Waals surface area contributed by atoms with Crippen LogP contribution in [0.4, 0.5) is 0 Å². The summed E-state index contributed by atoms with van der Waals surface area (Å²) >= 11 is 0.